The number of aryl methyl sites for hydroxylation is 1. The van der Waals surface area contributed by atoms with E-state index in [1.807, 2.05) is 45.0 Å². The van der Waals surface area contributed by atoms with Crippen LogP contribution in [0, 0.1) is 12.3 Å². The molecule has 1 aromatic carbocycles. The first-order chi connectivity index (χ1) is 8.95. The zero-order valence-electron chi connectivity index (χ0n) is 11.8. The normalized spacial score (nSPS) is 28.1. The van der Waals surface area contributed by atoms with E-state index < -0.39 is 5.41 Å². The third-order valence-corrected chi connectivity index (χ3v) is 4.04. The predicted molar refractivity (Wildman–Crippen MR) is 74.6 cm³/mol. The lowest BCUT2D eigenvalue weighted by atomic mass is 9.84. The molecule has 1 saturated heterocycles. The number of ether oxygens (including phenoxy) is 1. The Morgan fingerprint density at radius 2 is 2.21 bits per heavy atom. The van der Waals surface area contributed by atoms with Crippen molar-refractivity contribution in [2.24, 2.45) is 11.1 Å². The molecule has 0 spiro atoms. The first-order valence-electron chi connectivity index (χ1n) is 6.65. The summed E-state index contributed by atoms with van der Waals surface area (Å²) in [7, 11) is 0. The predicted octanol–water partition coefficient (Wildman–Crippen LogP) is 1.54. The zero-order chi connectivity index (χ0) is 14.0. The number of carbonyl (C=O) groups is 1. The highest BCUT2D eigenvalue weighted by Gasteiger charge is 2.44. The van der Waals surface area contributed by atoms with Gasteiger partial charge in [0.2, 0.25) is 5.91 Å². The van der Waals surface area contributed by atoms with Gasteiger partial charge in [-0.2, -0.15) is 0 Å². The lowest BCUT2D eigenvalue weighted by molar-refractivity contribution is -0.131. The molecule has 0 saturated carbocycles. The summed E-state index contributed by atoms with van der Waals surface area (Å²) >= 11 is 0. The molecule has 104 valence electrons. The van der Waals surface area contributed by atoms with Crippen molar-refractivity contribution >= 4 is 5.91 Å². The number of amides is 1. The molecule has 1 aromatic rings. The van der Waals surface area contributed by atoms with E-state index in [-0.39, 0.29) is 18.0 Å². The van der Waals surface area contributed by atoms with Crippen molar-refractivity contribution in [2.45, 2.75) is 32.9 Å². The minimum absolute atomic E-state index is 0.0293. The fourth-order valence-electron chi connectivity index (χ4n) is 2.43. The van der Waals surface area contributed by atoms with Crippen molar-refractivity contribution in [2.75, 3.05) is 13.2 Å². The molecule has 4 heteroatoms. The summed E-state index contributed by atoms with van der Waals surface area (Å²) in [5, 5.41) is 3.05. The summed E-state index contributed by atoms with van der Waals surface area (Å²) in [4.78, 5) is 12.4. The first kappa shape index (κ1) is 14.0. The molecule has 2 rings (SSSR count). The first-order valence-corrected chi connectivity index (χ1v) is 6.65. The second-order valence-corrected chi connectivity index (χ2v) is 5.59. The van der Waals surface area contributed by atoms with Crippen LogP contribution in [0.5, 0.6) is 0 Å². The summed E-state index contributed by atoms with van der Waals surface area (Å²) < 4.78 is 5.32. The maximum absolute atomic E-state index is 12.4. The van der Waals surface area contributed by atoms with Crippen LogP contribution in [0.4, 0.5) is 0 Å². The van der Waals surface area contributed by atoms with Crippen LogP contribution in [0.25, 0.3) is 0 Å². The van der Waals surface area contributed by atoms with Gasteiger partial charge in [0.1, 0.15) is 0 Å². The summed E-state index contributed by atoms with van der Waals surface area (Å²) in [5.74, 6) is -0.0340. The molecule has 0 aliphatic carbocycles. The third kappa shape index (κ3) is 2.65. The number of nitrogens with one attached hydrogen (secondary N) is 1. The summed E-state index contributed by atoms with van der Waals surface area (Å²) in [6.45, 7) is 6.74. The van der Waals surface area contributed by atoms with Crippen molar-refractivity contribution in [3.05, 3.63) is 35.4 Å². The van der Waals surface area contributed by atoms with Gasteiger partial charge < -0.3 is 15.8 Å². The second kappa shape index (κ2) is 5.31. The molecule has 19 heavy (non-hydrogen) atoms. The molecule has 1 amide bonds. The van der Waals surface area contributed by atoms with Crippen LogP contribution in [0.15, 0.2) is 24.3 Å². The molecule has 4 nitrogen and oxygen atoms in total. The van der Waals surface area contributed by atoms with Crippen molar-refractivity contribution in [1.82, 2.24) is 5.32 Å². The zero-order valence-corrected chi connectivity index (χ0v) is 11.8. The highest BCUT2D eigenvalue weighted by atomic mass is 16.5. The third-order valence-electron chi connectivity index (χ3n) is 4.04. The highest BCUT2D eigenvalue weighted by molar-refractivity contribution is 5.84. The SMILES string of the molecule is Cc1ccccc1C(C)NC(=O)C1(C)COCC1N. The van der Waals surface area contributed by atoms with E-state index in [0.717, 1.165) is 5.56 Å². The van der Waals surface area contributed by atoms with E-state index in [9.17, 15) is 4.79 Å². The molecule has 1 heterocycles. The van der Waals surface area contributed by atoms with Crippen LogP contribution in [0.3, 0.4) is 0 Å². The molecule has 3 atom stereocenters. The van der Waals surface area contributed by atoms with Crippen molar-refractivity contribution in [1.29, 1.82) is 0 Å². The summed E-state index contributed by atoms with van der Waals surface area (Å²) in [5.41, 5.74) is 7.65. The van der Waals surface area contributed by atoms with Gasteiger partial charge in [0.15, 0.2) is 0 Å². The topological polar surface area (TPSA) is 64.3 Å². The van der Waals surface area contributed by atoms with E-state index in [4.69, 9.17) is 10.5 Å². The lowest BCUT2D eigenvalue weighted by Gasteiger charge is -2.28. The van der Waals surface area contributed by atoms with Gasteiger partial charge in [-0.3, -0.25) is 4.79 Å². The molecule has 1 fully saturated rings. The van der Waals surface area contributed by atoms with Crippen LogP contribution >= 0.6 is 0 Å². The minimum Gasteiger partial charge on any atom is -0.379 e. The van der Waals surface area contributed by atoms with Crippen LogP contribution < -0.4 is 11.1 Å². The van der Waals surface area contributed by atoms with E-state index in [2.05, 4.69) is 5.32 Å². The van der Waals surface area contributed by atoms with Crippen molar-refractivity contribution < 1.29 is 9.53 Å². The monoisotopic (exact) mass is 262 g/mol. The number of benzene rings is 1. The van der Waals surface area contributed by atoms with Crippen molar-refractivity contribution in [3.63, 3.8) is 0 Å². The van der Waals surface area contributed by atoms with Gasteiger partial charge in [0.05, 0.1) is 24.7 Å². The molecule has 0 bridgehead atoms. The molecule has 3 unspecified atom stereocenters. The maximum Gasteiger partial charge on any atom is 0.230 e. The Morgan fingerprint density at radius 3 is 2.79 bits per heavy atom. The molecular weight excluding hydrogens is 240 g/mol. The average Bonchev–Trinajstić information content (AvgIpc) is 2.71. The van der Waals surface area contributed by atoms with Gasteiger partial charge in [-0.15, -0.1) is 0 Å². The Labute approximate surface area is 114 Å². The lowest BCUT2D eigenvalue weighted by Crippen LogP contribution is -2.50. The van der Waals surface area contributed by atoms with E-state index >= 15 is 0 Å². The smallest absolute Gasteiger partial charge is 0.230 e. The quantitative estimate of drug-likeness (QED) is 0.868. The van der Waals surface area contributed by atoms with Gasteiger partial charge in [0, 0.05) is 6.04 Å². The Bertz CT molecular complexity index is 475. The van der Waals surface area contributed by atoms with E-state index in [1.165, 1.54) is 5.56 Å². The Morgan fingerprint density at radius 1 is 1.53 bits per heavy atom. The van der Waals surface area contributed by atoms with Crippen molar-refractivity contribution in [3.8, 4) is 0 Å². The average molecular weight is 262 g/mol. The molecule has 3 N–H and O–H groups in total. The van der Waals surface area contributed by atoms with Gasteiger partial charge >= 0.3 is 0 Å². The molecular formula is C15H22N2O2. The van der Waals surface area contributed by atoms with E-state index in [0.29, 0.717) is 13.2 Å². The fourth-order valence-corrected chi connectivity index (χ4v) is 2.43. The van der Waals surface area contributed by atoms with Crippen LogP contribution in [0.1, 0.15) is 31.0 Å². The van der Waals surface area contributed by atoms with Crippen LogP contribution in [-0.4, -0.2) is 25.2 Å². The van der Waals surface area contributed by atoms with Gasteiger partial charge in [0.25, 0.3) is 0 Å². The number of rotatable bonds is 3. The minimum atomic E-state index is -0.628. The van der Waals surface area contributed by atoms with Gasteiger partial charge in [-0.1, -0.05) is 24.3 Å². The molecule has 0 aromatic heterocycles. The number of hydrogen-bond acceptors (Lipinski definition) is 3. The Kier molecular flexibility index (Phi) is 3.92. The highest BCUT2D eigenvalue weighted by Crippen LogP contribution is 2.28. The summed E-state index contributed by atoms with van der Waals surface area (Å²) in [6.07, 6.45) is 0. The molecule has 1 aliphatic heterocycles. The van der Waals surface area contributed by atoms with E-state index in [1.54, 1.807) is 0 Å². The Hall–Kier alpha value is -1.39. The van der Waals surface area contributed by atoms with Gasteiger partial charge in [-0.05, 0) is 31.9 Å². The number of carbonyl (C=O) groups excluding carboxylic acids is 1. The van der Waals surface area contributed by atoms with Crippen LogP contribution in [0.2, 0.25) is 0 Å². The molecule has 0 radical (unpaired) electrons. The number of nitrogens with two attached hydrogens (primary N) is 1. The second-order valence-electron chi connectivity index (χ2n) is 5.59. The Balaban J connectivity index is 2.09. The standard InChI is InChI=1S/C15H22N2O2/c1-10-6-4-5-7-12(10)11(2)17-14(18)15(3)9-19-8-13(15)16/h4-7,11,13H,8-9,16H2,1-3H3,(H,17,18). The maximum atomic E-state index is 12.4. The number of hydrogen-bond donors (Lipinski definition) is 2. The molecule has 1 aliphatic rings. The fraction of sp³-hybridized carbons (Fsp3) is 0.533. The van der Waals surface area contributed by atoms with Gasteiger partial charge in [-0.25, -0.2) is 0 Å². The van der Waals surface area contributed by atoms with Crippen LogP contribution in [-0.2, 0) is 9.53 Å². The summed E-state index contributed by atoms with van der Waals surface area (Å²) in [6, 6.07) is 7.79. The largest absolute Gasteiger partial charge is 0.379 e.